The van der Waals surface area contributed by atoms with E-state index in [1.807, 2.05) is 0 Å². The van der Waals surface area contributed by atoms with Crippen LogP contribution in [0.5, 0.6) is 0 Å². The Morgan fingerprint density at radius 2 is 2.12 bits per heavy atom. The maximum atomic E-state index is 4.60. The molecular weight excluding hydrogens is 228 g/mol. The fourth-order valence-corrected chi connectivity index (χ4v) is 3.19. The minimum atomic E-state index is 0.564. The highest BCUT2D eigenvalue weighted by molar-refractivity contribution is 7.09. The van der Waals surface area contributed by atoms with Crippen molar-refractivity contribution in [1.82, 2.24) is 10.3 Å². The van der Waals surface area contributed by atoms with E-state index in [2.05, 4.69) is 36.5 Å². The average molecular weight is 252 g/mol. The molecule has 17 heavy (non-hydrogen) atoms. The predicted molar refractivity (Wildman–Crippen MR) is 74.4 cm³/mol. The van der Waals surface area contributed by atoms with E-state index in [1.54, 1.807) is 11.3 Å². The zero-order chi connectivity index (χ0) is 12.3. The summed E-state index contributed by atoms with van der Waals surface area (Å²) in [6.07, 6.45) is 6.39. The van der Waals surface area contributed by atoms with Gasteiger partial charge in [-0.2, -0.15) is 0 Å². The molecule has 96 valence electrons. The van der Waals surface area contributed by atoms with Crippen LogP contribution in [-0.2, 0) is 13.0 Å². The van der Waals surface area contributed by atoms with Gasteiger partial charge in [0.1, 0.15) is 0 Å². The number of nitrogens with one attached hydrogen (secondary N) is 1. The molecule has 0 aromatic carbocycles. The summed E-state index contributed by atoms with van der Waals surface area (Å²) in [6, 6.07) is 0.704. The van der Waals surface area contributed by atoms with Crippen molar-refractivity contribution in [3.63, 3.8) is 0 Å². The summed E-state index contributed by atoms with van der Waals surface area (Å²) in [6.45, 7) is 7.88. The summed E-state index contributed by atoms with van der Waals surface area (Å²) in [5.74, 6) is 0. The van der Waals surface area contributed by atoms with Gasteiger partial charge >= 0.3 is 0 Å². The summed E-state index contributed by atoms with van der Waals surface area (Å²) in [4.78, 5) is 4.60. The van der Waals surface area contributed by atoms with Crippen molar-refractivity contribution in [1.29, 1.82) is 0 Å². The molecule has 0 spiro atoms. The van der Waals surface area contributed by atoms with Crippen LogP contribution in [-0.4, -0.2) is 11.0 Å². The molecule has 1 fully saturated rings. The fourth-order valence-electron chi connectivity index (χ4n) is 2.44. The third-order valence-corrected chi connectivity index (χ3v) is 4.85. The van der Waals surface area contributed by atoms with E-state index in [0.717, 1.165) is 13.0 Å². The predicted octanol–water partition coefficient (Wildman–Crippen LogP) is 3.76. The second-order valence-corrected chi connectivity index (χ2v) is 6.85. The van der Waals surface area contributed by atoms with Crippen LogP contribution >= 0.6 is 11.3 Å². The van der Waals surface area contributed by atoms with Crippen molar-refractivity contribution in [2.45, 2.75) is 65.5 Å². The molecule has 1 saturated carbocycles. The zero-order valence-electron chi connectivity index (χ0n) is 11.3. The molecule has 1 N–H and O–H groups in total. The molecule has 0 amide bonds. The lowest BCUT2D eigenvalue weighted by Crippen LogP contribution is -2.35. The first-order valence-corrected chi connectivity index (χ1v) is 7.64. The number of aromatic nitrogens is 1. The summed E-state index contributed by atoms with van der Waals surface area (Å²) in [7, 11) is 0. The van der Waals surface area contributed by atoms with Gasteiger partial charge in [0.25, 0.3) is 0 Å². The van der Waals surface area contributed by atoms with Gasteiger partial charge in [-0.3, -0.25) is 0 Å². The Morgan fingerprint density at radius 1 is 1.41 bits per heavy atom. The van der Waals surface area contributed by atoms with Crippen molar-refractivity contribution in [3.8, 4) is 0 Å². The number of thiazole rings is 1. The Kier molecular flexibility index (Phi) is 4.21. The molecular formula is C14H24N2S. The Morgan fingerprint density at radius 3 is 2.71 bits per heavy atom. The van der Waals surface area contributed by atoms with E-state index in [9.17, 15) is 0 Å². The molecule has 2 nitrogen and oxygen atoms in total. The normalized spacial score (nSPS) is 20.6. The molecule has 0 aliphatic heterocycles. The first-order valence-electron chi connectivity index (χ1n) is 6.76. The number of aryl methyl sites for hydroxylation is 1. The summed E-state index contributed by atoms with van der Waals surface area (Å²) in [5.41, 5.74) is 1.78. The van der Waals surface area contributed by atoms with Gasteiger partial charge in [-0.15, -0.1) is 11.3 Å². The van der Waals surface area contributed by atoms with Crippen LogP contribution in [0.25, 0.3) is 0 Å². The highest BCUT2D eigenvalue weighted by Gasteiger charge is 2.26. The lowest BCUT2D eigenvalue weighted by atomic mass is 9.75. The topological polar surface area (TPSA) is 24.9 Å². The third kappa shape index (κ3) is 3.78. The lowest BCUT2D eigenvalue weighted by Gasteiger charge is -2.34. The average Bonchev–Trinajstić information content (AvgIpc) is 2.75. The molecule has 0 atom stereocenters. The van der Waals surface area contributed by atoms with Gasteiger partial charge in [0, 0.05) is 18.0 Å². The number of rotatable bonds is 4. The first-order chi connectivity index (χ1) is 8.09. The Labute approximate surface area is 109 Å². The molecule has 0 unspecified atom stereocenters. The SMILES string of the molecule is CCc1nc(CNC2CCC(C)(C)CC2)cs1. The third-order valence-electron chi connectivity index (χ3n) is 3.81. The minimum absolute atomic E-state index is 0.564. The minimum Gasteiger partial charge on any atom is -0.308 e. The van der Waals surface area contributed by atoms with E-state index >= 15 is 0 Å². The summed E-state index contributed by atoms with van der Waals surface area (Å²) in [5, 5.41) is 7.11. The largest absolute Gasteiger partial charge is 0.308 e. The van der Waals surface area contributed by atoms with E-state index in [1.165, 1.54) is 36.4 Å². The van der Waals surface area contributed by atoms with Gasteiger partial charge < -0.3 is 5.32 Å². The molecule has 2 rings (SSSR count). The molecule has 0 radical (unpaired) electrons. The van der Waals surface area contributed by atoms with Crippen molar-refractivity contribution < 1.29 is 0 Å². The monoisotopic (exact) mass is 252 g/mol. The number of nitrogens with zero attached hydrogens (tertiary/aromatic N) is 1. The van der Waals surface area contributed by atoms with Gasteiger partial charge in [0.15, 0.2) is 0 Å². The van der Waals surface area contributed by atoms with Crippen LogP contribution in [0.2, 0.25) is 0 Å². The van der Waals surface area contributed by atoms with Crippen LogP contribution < -0.4 is 5.32 Å². The first kappa shape index (κ1) is 13.0. The summed E-state index contributed by atoms with van der Waals surface area (Å²) >= 11 is 1.78. The molecule has 1 aliphatic rings. The number of hydrogen-bond acceptors (Lipinski definition) is 3. The van der Waals surface area contributed by atoms with Gasteiger partial charge in [-0.25, -0.2) is 4.98 Å². The van der Waals surface area contributed by atoms with Crippen molar-refractivity contribution in [3.05, 3.63) is 16.1 Å². The Hall–Kier alpha value is -0.410. The highest BCUT2D eigenvalue weighted by Crippen LogP contribution is 2.35. The van der Waals surface area contributed by atoms with Crippen molar-refractivity contribution in [2.24, 2.45) is 5.41 Å². The van der Waals surface area contributed by atoms with Gasteiger partial charge in [0.2, 0.25) is 0 Å². The van der Waals surface area contributed by atoms with Crippen LogP contribution in [0.15, 0.2) is 5.38 Å². The van der Waals surface area contributed by atoms with E-state index in [0.29, 0.717) is 11.5 Å². The van der Waals surface area contributed by atoms with E-state index in [4.69, 9.17) is 0 Å². The second-order valence-electron chi connectivity index (χ2n) is 5.91. The number of hydrogen-bond donors (Lipinski definition) is 1. The molecule has 1 aliphatic carbocycles. The van der Waals surface area contributed by atoms with Crippen molar-refractivity contribution >= 4 is 11.3 Å². The van der Waals surface area contributed by atoms with Gasteiger partial charge in [-0.1, -0.05) is 20.8 Å². The van der Waals surface area contributed by atoms with E-state index in [-0.39, 0.29) is 0 Å². The fraction of sp³-hybridized carbons (Fsp3) is 0.786. The lowest BCUT2D eigenvalue weighted by molar-refractivity contribution is 0.206. The molecule has 1 aromatic rings. The quantitative estimate of drug-likeness (QED) is 0.882. The molecule has 0 saturated heterocycles. The smallest absolute Gasteiger partial charge is 0.0926 e. The standard InChI is InChI=1S/C14H24N2S/c1-4-13-16-12(10-17-13)9-15-11-5-7-14(2,3)8-6-11/h10-11,15H,4-9H2,1-3H3. The maximum absolute atomic E-state index is 4.60. The van der Waals surface area contributed by atoms with Crippen LogP contribution in [0, 0.1) is 5.41 Å². The van der Waals surface area contributed by atoms with Crippen LogP contribution in [0.3, 0.4) is 0 Å². The molecule has 0 bridgehead atoms. The Bertz CT molecular complexity index is 347. The Balaban J connectivity index is 1.75. The van der Waals surface area contributed by atoms with Crippen molar-refractivity contribution in [2.75, 3.05) is 0 Å². The van der Waals surface area contributed by atoms with Gasteiger partial charge in [0.05, 0.1) is 10.7 Å². The van der Waals surface area contributed by atoms with E-state index < -0.39 is 0 Å². The summed E-state index contributed by atoms with van der Waals surface area (Å²) < 4.78 is 0. The molecule has 1 aromatic heterocycles. The van der Waals surface area contributed by atoms with Crippen LogP contribution in [0.1, 0.15) is 57.2 Å². The second kappa shape index (κ2) is 5.49. The highest BCUT2D eigenvalue weighted by atomic mass is 32.1. The molecule has 1 heterocycles. The van der Waals surface area contributed by atoms with Crippen LogP contribution in [0.4, 0.5) is 0 Å². The zero-order valence-corrected chi connectivity index (χ0v) is 12.1. The van der Waals surface area contributed by atoms with Gasteiger partial charge in [-0.05, 0) is 37.5 Å². The molecule has 3 heteroatoms. The maximum Gasteiger partial charge on any atom is 0.0926 e.